The SMILES string of the molecule is CN(Cc1cc(F)cc(CN)c1)Cc1ccccn1. The lowest BCUT2D eigenvalue weighted by Gasteiger charge is -2.16. The second-order valence-corrected chi connectivity index (χ2v) is 4.67. The van der Waals surface area contributed by atoms with Gasteiger partial charge in [0.05, 0.1) is 5.69 Å². The molecule has 0 unspecified atom stereocenters. The molecule has 0 radical (unpaired) electrons. The molecule has 4 heteroatoms. The van der Waals surface area contributed by atoms with Crippen LogP contribution in [0.3, 0.4) is 0 Å². The Labute approximate surface area is 112 Å². The van der Waals surface area contributed by atoms with E-state index in [-0.39, 0.29) is 5.82 Å². The molecule has 0 amide bonds. The van der Waals surface area contributed by atoms with Gasteiger partial charge >= 0.3 is 0 Å². The Morgan fingerprint density at radius 2 is 1.95 bits per heavy atom. The summed E-state index contributed by atoms with van der Waals surface area (Å²) < 4.78 is 13.4. The van der Waals surface area contributed by atoms with Gasteiger partial charge in [0.2, 0.25) is 0 Å². The molecule has 19 heavy (non-hydrogen) atoms. The molecule has 1 aromatic heterocycles. The highest BCUT2D eigenvalue weighted by molar-refractivity contribution is 5.24. The monoisotopic (exact) mass is 259 g/mol. The average Bonchev–Trinajstić information content (AvgIpc) is 2.38. The van der Waals surface area contributed by atoms with Crippen molar-refractivity contribution >= 4 is 0 Å². The highest BCUT2D eigenvalue weighted by atomic mass is 19.1. The Kier molecular flexibility index (Phi) is 4.60. The third kappa shape index (κ3) is 4.12. The van der Waals surface area contributed by atoms with Crippen molar-refractivity contribution in [1.82, 2.24) is 9.88 Å². The number of benzene rings is 1. The van der Waals surface area contributed by atoms with E-state index in [1.807, 2.05) is 31.3 Å². The van der Waals surface area contributed by atoms with Gasteiger partial charge in [-0.15, -0.1) is 0 Å². The average molecular weight is 259 g/mol. The van der Waals surface area contributed by atoms with Crippen molar-refractivity contribution in [2.75, 3.05) is 7.05 Å². The number of hydrogen-bond acceptors (Lipinski definition) is 3. The van der Waals surface area contributed by atoms with Crippen molar-refractivity contribution < 1.29 is 4.39 Å². The van der Waals surface area contributed by atoms with Crippen molar-refractivity contribution in [2.24, 2.45) is 5.73 Å². The van der Waals surface area contributed by atoms with Crippen LogP contribution < -0.4 is 5.73 Å². The fourth-order valence-corrected chi connectivity index (χ4v) is 2.06. The van der Waals surface area contributed by atoms with E-state index in [0.717, 1.165) is 23.4 Å². The topological polar surface area (TPSA) is 42.1 Å². The van der Waals surface area contributed by atoms with Crippen LogP contribution in [0.25, 0.3) is 0 Å². The Morgan fingerprint density at radius 1 is 1.16 bits per heavy atom. The summed E-state index contributed by atoms with van der Waals surface area (Å²) in [5.74, 6) is -0.232. The van der Waals surface area contributed by atoms with Gasteiger partial charge in [-0.3, -0.25) is 9.88 Å². The summed E-state index contributed by atoms with van der Waals surface area (Å²) >= 11 is 0. The zero-order chi connectivity index (χ0) is 13.7. The summed E-state index contributed by atoms with van der Waals surface area (Å²) in [6.07, 6.45) is 1.78. The first-order valence-corrected chi connectivity index (χ1v) is 6.24. The van der Waals surface area contributed by atoms with Crippen LogP contribution in [0, 0.1) is 5.82 Å². The van der Waals surface area contributed by atoms with Crippen LogP contribution in [0.5, 0.6) is 0 Å². The second kappa shape index (κ2) is 6.41. The van der Waals surface area contributed by atoms with Gasteiger partial charge in [0, 0.05) is 25.8 Å². The van der Waals surface area contributed by atoms with E-state index in [4.69, 9.17) is 5.73 Å². The molecular formula is C15H18FN3. The van der Waals surface area contributed by atoms with Crippen molar-refractivity contribution in [3.8, 4) is 0 Å². The minimum atomic E-state index is -0.232. The highest BCUT2D eigenvalue weighted by Gasteiger charge is 2.05. The van der Waals surface area contributed by atoms with E-state index in [9.17, 15) is 4.39 Å². The fourth-order valence-electron chi connectivity index (χ4n) is 2.06. The minimum Gasteiger partial charge on any atom is -0.326 e. The van der Waals surface area contributed by atoms with Gasteiger partial charge in [0.1, 0.15) is 5.82 Å². The number of rotatable bonds is 5. The molecular weight excluding hydrogens is 241 g/mol. The molecule has 100 valence electrons. The van der Waals surface area contributed by atoms with Gasteiger partial charge in [-0.05, 0) is 42.4 Å². The maximum absolute atomic E-state index is 13.4. The normalized spacial score (nSPS) is 10.9. The van der Waals surface area contributed by atoms with Crippen molar-refractivity contribution in [3.63, 3.8) is 0 Å². The molecule has 0 saturated heterocycles. The molecule has 1 aromatic carbocycles. The maximum atomic E-state index is 13.4. The van der Waals surface area contributed by atoms with Crippen molar-refractivity contribution in [1.29, 1.82) is 0 Å². The molecule has 2 N–H and O–H groups in total. The van der Waals surface area contributed by atoms with Crippen LogP contribution in [-0.4, -0.2) is 16.9 Å². The van der Waals surface area contributed by atoms with Gasteiger partial charge in [-0.25, -0.2) is 4.39 Å². The van der Waals surface area contributed by atoms with E-state index in [0.29, 0.717) is 13.1 Å². The number of halogens is 1. The van der Waals surface area contributed by atoms with Gasteiger partial charge < -0.3 is 5.73 Å². The standard InChI is InChI=1S/C15H18FN3/c1-19(11-15-4-2-3-5-18-15)10-13-6-12(9-17)7-14(16)8-13/h2-8H,9-11,17H2,1H3. The van der Waals surface area contributed by atoms with Gasteiger partial charge in [0.15, 0.2) is 0 Å². The van der Waals surface area contributed by atoms with Gasteiger partial charge in [-0.2, -0.15) is 0 Å². The number of aromatic nitrogens is 1. The summed E-state index contributed by atoms with van der Waals surface area (Å²) in [5, 5.41) is 0. The number of nitrogens with two attached hydrogens (primary N) is 1. The number of hydrogen-bond donors (Lipinski definition) is 1. The highest BCUT2D eigenvalue weighted by Crippen LogP contribution is 2.12. The molecule has 3 nitrogen and oxygen atoms in total. The maximum Gasteiger partial charge on any atom is 0.123 e. The predicted molar refractivity (Wildman–Crippen MR) is 73.7 cm³/mol. The van der Waals surface area contributed by atoms with Crippen LogP contribution >= 0.6 is 0 Å². The Balaban J connectivity index is 2.02. The first kappa shape index (κ1) is 13.6. The lowest BCUT2D eigenvalue weighted by atomic mass is 10.1. The lowest BCUT2D eigenvalue weighted by molar-refractivity contribution is 0.314. The first-order chi connectivity index (χ1) is 9.17. The van der Waals surface area contributed by atoms with E-state index in [1.165, 1.54) is 6.07 Å². The van der Waals surface area contributed by atoms with Crippen molar-refractivity contribution in [3.05, 3.63) is 65.2 Å². The largest absolute Gasteiger partial charge is 0.326 e. The zero-order valence-corrected chi connectivity index (χ0v) is 11.0. The minimum absolute atomic E-state index is 0.232. The van der Waals surface area contributed by atoms with Crippen LogP contribution in [0.15, 0.2) is 42.6 Å². The molecule has 0 bridgehead atoms. The van der Waals surface area contributed by atoms with Crippen LogP contribution in [0.2, 0.25) is 0 Å². The summed E-state index contributed by atoms with van der Waals surface area (Å²) in [7, 11) is 1.99. The Morgan fingerprint density at radius 3 is 2.63 bits per heavy atom. The van der Waals surface area contributed by atoms with Crippen LogP contribution in [0.4, 0.5) is 4.39 Å². The molecule has 2 rings (SSSR count). The van der Waals surface area contributed by atoms with Gasteiger partial charge in [-0.1, -0.05) is 12.1 Å². The molecule has 0 spiro atoms. The van der Waals surface area contributed by atoms with Gasteiger partial charge in [0.25, 0.3) is 0 Å². The molecule has 0 aliphatic heterocycles. The molecule has 0 fully saturated rings. The van der Waals surface area contributed by atoms with E-state index >= 15 is 0 Å². The zero-order valence-electron chi connectivity index (χ0n) is 11.0. The second-order valence-electron chi connectivity index (χ2n) is 4.67. The first-order valence-electron chi connectivity index (χ1n) is 6.24. The summed E-state index contributed by atoms with van der Waals surface area (Å²) in [6, 6.07) is 10.8. The van der Waals surface area contributed by atoms with Crippen LogP contribution in [-0.2, 0) is 19.6 Å². The predicted octanol–water partition coefficient (Wildman–Crippen LogP) is 2.31. The van der Waals surface area contributed by atoms with E-state index in [1.54, 1.807) is 12.3 Å². The van der Waals surface area contributed by atoms with E-state index < -0.39 is 0 Å². The van der Waals surface area contributed by atoms with Crippen LogP contribution in [0.1, 0.15) is 16.8 Å². The lowest BCUT2D eigenvalue weighted by Crippen LogP contribution is -2.18. The molecule has 0 aliphatic carbocycles. The summed E-state index contributed by atoms with van der Waals surface area (Å²) in [4.78, 5) is 6.37. The Hall–Kier alpha value is -1.78. The molecule has 0 atom stereocenters. The summed E-state index contributed by atoms with van der Waals surface area (Å²) in [5.41, 5.74) is 8.30. The fraction of sp³-hybridized carbons (Fsp3) is 0.267. The third-order valence-electron chi connectivity index (χ3n) is 2.86. The third-order valence-corrected chi connectivity index (χ3v) is 2.86. The number of pyridine rings is 1. The van der Waals surface area contributed by atoms with E-state index in [2.05, 4.69) is 9.88 Å². The molecule has 0 saturated carbocycles. The molecule has 2 aromatic rings. The molecule has 1 heterocycles. The smallest absolute Gasteiger partial charge is 0.123 e. The quantitative estimate of drug-likeness (QED) is 0.896. The van der Waals surface area contributed by atoms with Crippen molar-refractivity contribution in [2.45, 2.75) is 19.6 Å². The summed E-state index contributed by atoms with van der Waals surface area (Å²) in [6.45, 7) is 1.76. The molecule has 0 aliphatic rings. The number of nitrogens with zero attached hydrogens (tertiary/aromatic N) is 2. The Bertz CT molecular complexity index is 528.